The molecule has 0 saturated heterocycles. The summed E-state index contributed by atoms with van der Waals surface area (Å²) in [5.41, 5.74) is -0.836. The highest BCUT2D eigenvalue weighted by Crippen LogP contribution is 2.41. The molecule has 82 valence electrons. The van der Waals surface area contributed by atoms with Gasteiger partial charge in [0.1, 0.15) is 11.2 Å². The number of nitrogens with one attached hydrogen (secondary N) is 1. The Morgan fingerprint density at radius 3 is 2.88 bits per heavy atom. The van der Waals surface area contributed by atoms with Crippen molar-refractivity contribution in [1.82, 2.24) is 4.98 Å². The van der Waals surface area contributed by atoms with Crippen LogP contribution < -0.4 is 5.32 Å². The van der Waals surface area contributed by atoms with Crippen molar-refractivity contribution in [1.29, 1.82) is 5.26 Å². The number of hydrogen-bond acceptors (Lipinski definition) is 3. The van der Waals surface area contributed by atoms with Crippen LogP contribution in [0.25, 0.3) is 0 Å². The third-order valence-corrected chi connectivity index (χ3v) is 3.49. The quantitative estimate of drug-likeness (QED) is 0.905. The van der Waals surface area contributed by atoms with Gasteiger partial charge in [-0.3, -0.25) is 4.79 Å². The molecule has 1 amide bonds. The molecular formula is C11H10BrN3O. The van der Waals surface area contributed by atoms with Crippen LogP contribution in [-0.2, 0) is 4.79 Å². The van der Waals surface area contributed by atoms with Crippen molar-refractivity contribution in [3.8, 4) is 6.07 Å². The Morgan fingerprint density at radius 2 is 2.38 bits per heavy atom. The molecule has 0 aromatic carbocycles. The molecular weight excluding hydrogens is 270 g/mol. The molecule has 1 N–H and O–H groups in total. The third kappa shape index (κ3) is 1.81. The van der Waals surface area contributed by atoms with E-state index in [2.05, 4.69) is 32.3 Å². The highest BCUT2D eigenvalue weighted by Gasteiger charge is 2.44. The van der Waals surface area contributed by atoms with Gasteiger partial charge in [0.25, 0.3) is 0 Å². The summed E-state index contributed by atoms with van der Waals surface area (Å²) in [4.78, 5) is 15.9. The minimum Gasteiger partial charge on any atom is -0.308 e. The minimum absolute atomic E-state index is 0.249. The van der Waals surface area contributed by atoms with Crippen molar-refractivity contribution in [2.24, 2.45) is 5.41 Å². The summed E-state index contributed by atoms with van der Waals surface area (Å²) in [5, 5.41) is 11.7. The molecule has 0 radical (unpaired) electrons. The standard InChI is InChI=1S/C11H10BrN3O/c12-8-3-1-6-14-9(8)15-10(16)11(7-13)4-2-5-11/h1,3,6H,2,4-5H2,(H,14,15,16). The van der Waals surface area contributed by atoms with E-state index in [0.29, 0.717) is 18.7 Å². The van der Waals surface area contributed by atoms with Gasteiger partial charge in [0.15, 0.2) is 0 Å². The summed E-state index contributed by atoms with van der Waals surface area (Å²) in [7, 11) is 0. The fourth-order valence-corrected chi connectivity index (χ4v) is 1.98. The Kier molecular flexibility index (Phi) is 2.92. The third-order valence-electron chi connectivity index (χ3n) is 2.85. The molecule has 0 bridgehead atoms. The Hall–Kier alpha value is -1.41. The van der Waals surface area contributed by atoms with Gasteiger partial charge in [-0.15, -0.1) is 0 Å². The first kappa shape index (κ1) is 11.1. The molecule has 0 spiro atoms. The van der Waals surface area contributed by atoms with Gasteiger partial charge < -0.3 is 5.32 Å². The Bertz CT molecular complexity index is 463. The minimum atomic E-state index is -0.836. The van der Waals surface area contributed by atoms with E-state index in [4.69, 9.17) is 5.26 Å². The number of anilines is 1. The van der Waals surface area contributed by atoms with Crippen LogP contribution in [-0.4, -0.2) is 10.9 Å². The van der Waals surface area contributed by atoms with Crippen molar-refractivity contribution in [2.45, 2.75) is 19.3 Å². The van der Waals surface area contributed by atoms with E-state index in [-0.39, 0.29) is 5.91 Å². The van der Waals surface area contributed by atoms with Crippen molar-refractivity contribution >= 4 is 27.7 Å². The van der Waals surface area contributed by atoms with Gasteiger partial charge in [0, 0.05) is 6.20 Å². The molecule has 0 atom stereocenters. The molecule has 16 heavy (non-hydrogen) atoms. The zero-order chi connectivity index (χ0) is 11.6. The van der Waals surface area contributed by atoms with Crippen LogP contribution in [0.5, 0.6) is 0 Å². The smallest absolute Gasteiger partial charge is 0.246 e. The van der Waals surface area contributed by atoms with E-state index in [1.807, 2.05) is 0 Å². The first-order valence-corrected chi connectivity index (χ1v) is 5.80. The van der Waals surface area contributed by atoms with Crippen LogP contribution in [0, 0.1) is 16.7 Å². The average molecular weight is 280 g/mol. The first-order chi connectivity index (χ1) is 7.68. The topological polar surface area (TPSA) is 65.8 Å². The fraction of sp³-hybridized carbons (Fsp3) is 0.364. The second-order valence-electron chi connectivity index (χ2n) is 3.84. The maximum absolute atomic E-state index is 11.9. The lowest BCUT2D eigenvalue weighted by molar-refractivity contribution is -0.126. The van der Waals surface area contributed by atoms with Crippen molar-refractivity contribution < 1.29 is 4.79 Å². The predicted molar refractivity (Wildman–Crippen MR) is 62.5 cm³/mol. The summed E-state index contributed by atoms with van der Waals surface area (Å²) >= 11 is 3.29. The molecule has 1 aromatic rings. The lowest BCUT2D eigenvalue weighted by Gasteiger charge is -2.33. The Labute approximate surface area is 102 Å². The van der Waals surface area contributed by atoms with Gasteiger partial charge in [-0.05, 0) is 47.3 Å². The summed E-state index contributed by atoms with van der Waals surface area (Å²) in [5.74, 6) is 0.217. The molecule has 1 fully saturated rings. The van der Waals surface area contributed by atoms with Crippen LogP contribution in [0.3, 0.4) is 0 Å². The Morgan fingerprint density at radius 1 is 1.62 bits per heavy atom. The number of pyridine rings is 1. The molecule has 1 aliphatic carbocycles. The number of aromatic nitrogens is 1. The van der Waals surface area contributed by atoms with Gasteiger partial charge in [-0.1, -0.05) is 0 Å². The van der Waals surface area contributed by atoms with Gasteiger partial charge in [-0.2, -0.15) is 5.26 Å². The van der Waals surface area contributed by atoms with E-state index >= 15 is 0 Å². The highest BCUT2D eigenvalue weighted by molar-refractivity contribution is 9.10. The molecule has 1 aliphatic rings. The first-order valence-electron chi connectivity index (χ1n) is 5.01. The fourth-order valence-electron chi connectivity index (χ4n) is 1.62. The van der Waals surface area contributed by atoms with Crippen LogP contribution >= 0.6 is 15.9 Å². The number of hydrogen-bond donors (Lipinski definition) is 1. The van der Waals surface area contributed by atoms with E-state index in [0.717, 1.165) is 10.9 Å². The maximum atomic E-state index is 11.9. The van der Waals surface area contributed by atoms with Gasteiger partial charge in [0.2, 0.25) is 5.91 Å². The zero-order valence-corrected chi connectivity index (χ0v) is 10.1. The molecule has 1 heterocycles. The van der Waals surface area contributed by atoms with Gasteiger partial charge >= 0.3 is 0 Å². The molecule has 0 unspecified atom stereocenters. The van der Waals surface area contributed by atoms with E-state index in [1.165, 1.54) is 0 Å². The lowest BCUT2D eigenvalue weighted by atomic mass is 9.69. The number of halogens is 1. The number of carbonyl (C=O) groups is 1. The number of nitrogens with zero attached hydrogens (tertiary/aromatic N) is 2. The predicted octanol–water partition coefficient (Wildman–Crippen LogP) is 2.48. The van der Waals surface area contributed by atoms with E-state index in [1.54, 1.807) is 18.3 Å². The van der Waals surface area contributed by atoms with E-state index < -0.39 is 5.41 Å². The van der Waals surface area contributed by atoms with Crippen LogP contribution in [0.1, 0.15) is 19.3 Å². The molecule has 1 saturated carbocycles. The maximum Gasteiger partial charge on any atom is 0.246 e. The molecule has 4 nitrogen and oxygen atoms in total. The van der Waals surface area contributed by atoms with Crippen LogP contribution in [0.4, 0.5) is 5.82 Å². The SMILES string of the molecule is N#CC1(C(=O)Nc2ncccc2Br)CCC1. The molecule has 0 aliphatic heterocycles. The molecule has 5 heteroatoms. The average Bonchev–Trinajstić information content (AvgIpc) is 2.21. The monoisotopic (exact) mass is 279 g/mol. The summed E-state index contributed by atoms with van der Waals surface area (Å²) < 4.78 is 0.718. The highest BCUT2D eigenvalue weighted by atomic mass is 79.9. The zero-order valence-electron chi connectivity index (χ0n) is 8.53. The normalized spacial score (nSPS) is 17.0. The van der Waals surface area contributed by atoms with Crippen molar-refractivity contribution in [3.05, 3.63) is 22.8 Å². The number of nitriles is 1. The summed E-state index contributed by atoms with van der Waals surface area (Å²) in [6.45, 7) is 0. The number of amides is 1. The van der Waals surface area contributed by atoms with E-state index in [9.17, 15) is 4.79 Å². The van der Waals surface area contributed by atoms with Crippen molar-refractivity contribution in [2.75, 3.05) is 5.32 Å². The van der Waals surface area contributed by atoms with Crippen LogP contribution in [0.15, 0.2) is 22.8 Å². The molecule has 2 rings (SSSR count). The number of carbonyl (C=O) groups excluding carboxylic acids is 1. The summed E-state index contributed by atoms with van der Waals surface area (Å²) in [6.07, 6.45) is 3.81. The molecule has 1 aromatic heterocycles. The Balaban J connectivity index is 2.14. The second-order valence-corrected chi connectivity index (χ2v) is 4.69. The summed E-state index contributed by atoms with van der Waals surface area (Å²) in [6, 6.07) is 5.66. The van der Waals surface area contributed by atoms with Gasteiger partial charge in [-0.25, -0.2) is 4.98 Å². The van der Waals surface area contributed by atoms with Crippen molar-refractivity contribution in [3.63, 3.8) is 0 Å². The number of rotatable bonds is 2. The van der Waals surface area contributed by atoms with Crippen LogP contribution in [0.2, 0.25) is 0 Å². The largest absolute Gasteiger partial charge is 0.308 e. The second kappa shape index (κ2) is 4.22. The lowest BCUT2D eigenvalue weighted by Crippen LogP contribution is -2.40. The van der Waals surface area contributed by atoms with Gasteiger partial charge in [0.05, 0.1) is 10.5 Å².